The molecule has 0 aliphatic rings. The van der Waals surface area contributed by atoms with E-state index in [1.165, 1.54) is 6.92 Å². The zero-order valence-corrected chi connectivity index (χ0v) is 10.3. The van der Waals surface area contributed by atoms with E-state index < -0.39 is 17.8 Å². The molecule has 1 aromatic rings. The SMILES string of the molecule is CC(C(=O)O)C(=O)NCCCOc1ccccc1. The maximum atomic E-state index is 11.3. The molecule has 1 unspecified atom stereocenters. The lowest BCUT2D eigenvalue weighted by Gasteiger charge is -2.09. The summed E-state index contributed by atoms with van der Waals surface area (Å²) in [5.74, 6) is -1.82. The third kappa shape index (κ3) is 4.86. The highest BCUT2D eigenvalue weighted by Gasteiger charge is 2.19. The summed E-state index contributed by atoms with van der Waals surface area (Å²) in [5, 5.41) is 11.2. The van der Waals surface area contributed by atoms with Crippen LogP contribution in [0.3, 0.4) is 0 Å². The van der Waals surface area contributed by atoms with E-state index in [4.69, 9.17) is 9.84 Å². The van der Waals surface area contributed by atoms with Gasteiger partial charge in [-0.25, -0.2) is 0 Å². The molecule has 0 fully saturated rings. The van der Waals surface area contributed by atoms with E-state index in [0.29, 0.717) is 19.6 Å². The van der Waals surface area contributed by atoms with Crippen molar-refractivity contribution in [3.05, 3.63) is 30.3 Å². The highest BCUT2D eigenvalue weighted by Crippen LogP contribution is 2.08. The van der Waals surface area contributed by atoms with Gasteiger partial charge in [0.05, 0.1) is 6.61 Å². The van der Waals surface area contributed by atoms with Crippen molar-refractivity contribution in [1.82, 2.24) is 5.32 Å². The lowest BCUT2D eigenvalue weighted by Crippen LogP contribution is -2.34. The number of carbonyl (C=O) groups is 2. The molecule has 18 heavy (non-hydrogen) atoms. The largest absolute Gasteiger partial charge is 0.494 e. The van der Waals surface area contributed by atoms with E-state index in [-0.39, 0.29) is 0 Å². The maximum absolute atomic E-state index is 11.3. The van der Waals surface area contributed by atoms with Crippen LogP contribution in [0.15, 0.2) is 30.3 Å². The predicted molar refractivity (Wildman–Crippen MR) is 66.4 cm³/mol. The number of ether oxygens (including phenoxy) is 1. The Hall–Kier alpha value is -2.04. The molecule has 5 heteroatoms. The average molecular weight is 251 g/mol. The lowest BCUT2D eigenvalue weighted by atomic mass is 10.2. The second kappa shape index (κ2) is 7.32. The first-order valence-electron chi connectivity index (χ1n) is 5.79. The number of amides is 1. The first-order valence-corrected chi connectivity index (χ1v) is 5.79. The number of para-hydroxylation sites is 1. The van der Waals surface area contributed by atoms with Gasteiger partial charge in [-0.1, -0.05) is 18.2 Å². The third-order valence-corrected chi connectivity index (χ3v) is 2.40. The Morgan fingerprint density at radius 2 is 2.00 bits per heavy atom. The molecule has 0 spiro atoms. The van der Waals surface area contributed by atoms with Gasteiger partial charge in [0.1, 0.15) is 11.7 Å². The van der Waals surface area contributed by atoms with Crippen LogP contribution in [0.25, 0.3) is 0 Å². The van der Waals surface area contributed by atoms with Gasteiger partial charge >= 0.3 is 5.97 Å². The minimum absolute atomic E-state index is 0.406. The number of carbonyl (C=O) groups excluding carboxylic acids is 1. The van der Waals surface area contributed by atoms with Gasteiger partial charge in [-0.15, -0.1) is 0 Å². The number of nitrogens with one attached hydrogen (secondary N) is 1. The molecule has 0 aliphatic heterocycles. The lowest BCUT2D eigenvalue weighted by molar-refractivity contribution is -0.146. The number of carboxylic acid groups (broad SMARTS) is 1. The molecule has 1 aromatic carbocycles. The van der Waals surface area contributed by atoms with Crippen LogP contribution in [0, 0.1) is 5.92 Å². The first kappa shape index (κ1) is 14.0. The van der Waals surface area contributed by atoms with Gasteiger partial charge in [0.15, 0.2) is 0 Å². The molecule has 0 radical (unpaired) electrons. The highest BCUT2D eigenvalue weighted by atomic mass is 16.5. The van der Waals surface area contributed by atoms with Gasteiger partial charge < -0.3 is 15.2 Å². The molecule has 1 atom stereocenters. The molecule has 0 saturated carbocycles. The van der Waals surface area contributed by atoms with Gasteiger partial charge in [-0.05, 0) is 25.5 Å². The van der Waals surface area contributed by atoms with Gasteiger partial charge in [0, 0.05) is 6.54 Å². The molecule has 1 amide bonds. The van der Waals surface area contributed by atoms with E-state index in [9.17, 15) is 9.59 Å². The van der Waals surface area contributed by atoms with E-state index >= 15 is 0 Å². The van der Waals surface area contributed by atoms with Crippen LogP contribution in [0.5, 0.6) is 5.75 Å². The standard InChI is InChI=1S/C13H17NO4/c1-10(13(16)17)12(15)14-8-5-9-18-11-6-3-2-4-7-11/h2-4,6-7,10H,5,8-9H2,1H3,(H,14,15)(H,16,17). The Morgan fingerprint density at radius 1 is 1.33 bits per heavy atom. The number of benzene rings is 1. The second-order valence-electron chi connectivity index (χ2n) is 3.87. The maximum Gasteiger partial charge on any atom is 0.315 e. The van der Waals surface area contributed by atoms with Crippen molar-refractivity contribution in [1.29, 1.82) is 0 Å². The Kier molecular flexibility index (Phi) is 5.70. The van der Waals surface area contributed by atoms with E-state index in [2.05, 4.69) is 5.32 Å². The quantitative estimate of drug-likeness (QED) is 0.565. The van der Waals surface area contributed by atoms with Crippen LogP contribution < -0.4 is 10.1 Å². The minimum atomic E-state index is -1.12. The van der Waals surface area contributed by atoms with Crippen molar-refractivity contribution in [2.75, 3.05) is 13.2 Å². The van der Waals surface area contributed by atoms with Crippen molar-refractivity contribution in [2.24, 2.45) is 5.92 Å². The zero-order valence-electron chi connectivity index (χ0n) is 10.3. The fraction of sp³-hybridized carbons (Fsp3) is 0.385. The van der Waals surface area contributed by atoms with Crippen LogP contribution in [0.4, 0.5) is 0 Å². The number of hydrogen-bond donors (Lipinski definition) is 2. The Labute approximate surface area is 106 Å². The number of carboxylic acids is 1. The van der Waals surface area contributed by atoms with Crippen molar-refractivity contribution >= 4 is 11.9 Å². The fourth-order valence-electron chi connectivity index (χ4n) is 1.26. The van der Waals surface area contributed by atoms with Gasteiger partial charge in [-0.2, -0.15) is 0 Å². The Balaban J connectivity index is 2.12. The minimum Gasteiger partial charge on any atom is -0.494 e. The summed E-state index contributed by atoms with van der Waals surface area (Å²) >= 11 is 0. The fourth-order valence-corrected chi connectivity index (χ4v) is 1.26. The third-order valence-electron chi connectivity index (χ3n) is 2.40. The van der Waals surface area contributed by atoms with Crippen LogP contribution >= 0.6 is 0 Å². The van der Waals surface area contributed by atoms with Gasteiger partial charge in [-0.3, -0.25) is 9.59 Å². The summed E-state index contributed by atoms with van der Waals surface area (Å²) in [5.41, 5.74) is 0. The summed E-state index contributed by atoms with van der Waals surface area (Å²) in [4.78, 5) is 21.8. The highest BCUT2D eigenvalue weighted by molar-refractivity contribution is 5.96. The molecule has 5 nitrogen and oxygen atoms in total. The molecule has 0 aliphatic carbocycles. The van der Waals surface area contributed by atoms with Crippen LogP contribution in [0.1, 0.15) is 13.3 Å². The Bertz CT molecular complexity index is 391. The van der Waals surface area contributed by atoms with Crippen LogP contribution in [-0.4, -0.2) is 30.1 Å². The molecule has 0 aromatic heterocycles. The summed E-state index contributed by atoms with van der Waals surface area (Å²) < 4.78 is 5.43. The molecule has 2 N–H and O–H groups in total. The summed E-state index contributed by atoms with van der Waals surface area (Å²) in [6, 6.07) is 9.37. The van der Waals surface area contributed by atoms with Crippen molar-refractivity contribution in [3.8, 4) is 5.75 Å². The van der Waals surface area contributed by atoms with E-state index in [1.807, 2.05) is 30.3 Å². The summed E-state index contributed by atoms with van der Waals surface area (Å²) in [6.45, 7) is 2.24. The molecule has 98 valence electrons. The van der Waals surface area contributed by atoms with Crippen molar-refractivity contribution in [2.45, 2.75) is 13.3 Å². The number of rotatable bonds is 7. The first-order chi connectivity index (χ1) is 8.61. The van der Waals surface area contributed by atoms with Crippen molar-refractivity contribution in [3.63, 3.8) is 0 Å². The smallest absolute Gasteiger partial charge is 0.315 e. The molecule has 1 rings (SSSR count). The summed E-state index contributed by atoms with van der Waals surface area (Å²) in [7, 11) is 0. The number of hydrogen-bond acceptors (Lipinski definition) is 3. The monoisotopic (exact) mass is 251 g/mol. The molecule has 0 saturated heterocycles. The molecule has 0 heterocycles. The molecular formula is C13H17NO4. The number of aliphatic carboxylic acids is 1. The van der Waals surface area contributed by atoms with Gasteiger partial charge in [0.2, 0.25) is 5.91 Å². The van der Waals surface area contributed by atoms with Crippen molar-refractivity contribution < 1.29 is 19.4 Å². The van der Waals surface area contributed by atoms with Crippen LogP contribution in [0.2, 0.25) is 0 Å². The normalized spacial score (nSPS) is 11.6. The van der Waals surface area contributed by atoms with Gasteiger partial charge in [0.25, 0.3) is 0 Å². The summed E-state index contributed by atoms with van der Waals surface area (Å²) in [6.07, 6.45) is 0.632. The Morgan fingerprint density at radius 3 is 2.61 bits per heavy atom. The molecular weight excluding hydrogens is 234 g/mol. The van der Waals surface area contributed by atoms with Crippen LogP contribution in [-0.2, 0) is 9.59 Å². The topological polar surface area (TPSA) is 75.6 Å². The zero-order chi connectivity index (χ0) is 13.4. The second-order valence-corrected chi connectivity index (χ2v) is 3.87. The average Bonchev–Trinajstić information content (AvgIpc) is 2.38. The van der Waals surface area contributed by atoms with E-state index in [1.54, 1.807) is 0 Å². The molecule has 0 bridgehead atoms. The predicted octanol–water partition coefficient (Wildman–Crippen LogP) is 1.29. The van der Waals surface area contributed by atoms with E-state index in [0.717, 1.165) is 5.75 Å².